The van der Waals surface area contributed by atoms with Gasteiger partial charge in [0, 0.05) is 11.4 Å². The lowest BCUT2D eigenvalue weighted by Crippen LogP contribution is -2.13. The van der Waals surface area contributed by atoms with Crippen LogP contribution in [0, 0.1) is 0 Å². The molecule has 0 bridgehead atoms. The first-order chi connectivity index (χ1) is 9.31. The molecule has 2 rings (SSSR count). The molecule has 102 valence electrons. The van der Waals surface area contributed by atoms with Gasteiger partial charge in [-0.25, -0.2) is 0 Å². The minimum atomic E-state index is 0.283. The van der Waals surface area contributed by atoms with Gasteiger partial charge < -0.3 is 14.5 Å². The number of nitrogens with zero attached hydrogens (tertiary/aromatic N) is 1. The number of ether oxygens (including phenoxy) is 1. The lowest BCUT2D eigenvalue weighted by molar-refractivity contribution is 0.330. The van der Waals surface area contributed by atoms with E-state index in [2.05, 4.69) is 17.2 Å². The lowest BCUT2D eigenvalue weighted by atomic mass is 10.3. The van der Waals surface area contributed by atoms with Crippen LogP contribution >= 0.6 is 11.8 Å². The van der Waals surface area contributed by atoms with Gasteiger partial charge in [0.15, 0.2) is 0 Å². The first-order valence-electron chi connectivity index (χ1n) is 6.29. The normalized spacial score (nSPS) is 10.6. The molecule has 2 aromatic rings. The average Bonchev–Trinajstić information content (AvgIpc) is 2.88. The highest BCUT2D eigenvalue weighted by molar-refractivity contribution is 7.98. The standard InChI is InChI=1S/C14H18N2O2S/c1-3-8-15-9-11-10-17-14(16-11)18-12-4-6-13(19-2)7-5-12/h4-7,10,15H,3,8-9H2,1-2H3. The molecule has 0 aliphatic heterocycles. The Morgan fingerprint density at radius 3 is 2.79 bits per heavy atom. The summed E-state index contributed by atoms with van der Waals surface area (Å²) >= 11 is 1.70. The second-order valence-electron chi connectivity index (χ2n) is 4.06. The number of benzene rings is 1. The van der Waals surface area contributed by atoms with Crippen LogP contribution < -0.4 is 10.1 Å². The Balaban J connectivity index is 1.91. The second-order valence-corrected chi connectivity index (χ2v) is 4.94. The fraction of sp³-hybridized carbons (Fsp3) is 0.357. The highest BCUT2D eigenvalue weighted by atomic mass is 32.2. The van der Waals surface area contributed by atoms with Gasteiger partial charge in [-0.05, 0) is 43.5 Å². The van der Waals surface area contributed by atoms with Crippen LogP contribution in [-0.2, 0) is 6.54 Å². The van der Waals surface area contributed by atoms with Crippen molar-refractivity contribution in [3.05, 3.63) is 36.2 Å². The average molecular weight is 278 g/mol. The maximum atomic E-state index is 5.55. The molecular weight excluding hydrogens is 260 g/mol. The minimum absolute atomic E-state index is 0.283. The van der Waals surface area contributed by atoms with Crippen LogP contribution in [0.5, 0.6) is 11.8 Å². The van der Waals surface area contributed by atoms with Crippen LogP contribution in [-0.4, -0.2) is 17.8 Å². The summed E-state index contributed by atoms with van der Waals surface area (Å²) < 4.78 is 10.8. The van der Waals surface area contributed by atoms with Crippen LogP contribution in [0.15, 0.2) is 39.8 Å². The van der Waals surface area contributed by atoms with Gasteiger partial charge in [0.2, 0.25) is 0 Å². The molecule has 0 spiro atoms. The molecule has 0 atom stereocenters. The smallest absolute Gasteiger partial charge is 0.399 e. The molecule has 1 N–H and O–H groups in total. The predicted molar refractivity (Wildman–Crippen MR) is 76.8 cm³/mol. The third-order valence-electron chi connectivity index (χ3n) is 2.53. The number of oxazole rings is 1. The summed E-state index contributed by atoms with van der Waals surface area (Å²) in [6.07, 6.45) is 5.04. The van der Waals surface area contributed by atoms with Crippen LogP contribution in [0.2, 0.25) is 0 Å². The third-order valence-corrected chi connectivity index (χ3v) is 3.27. The van der Waals surface area contributed by atoms with Crippen LogP contribution in [0.3, 0.4) is 0 Å². The van der Waals surface area contributed by atoms with Crippen molar-refractivity contribution in [1.29, 1.82) is 0 Å². The van der Waals surface area contributed by atoms with Crippen molar-refractivity contribution < 1.29 is 9.15 Å². The van der Waals surface area contributed by atoms with Crippen LogP contribution in [0.25, 0.3) is 0 Å². The maximum absolute atomic E-state index is 5.55. The van der Waals surface area contributed by atoms with E-state index in [9.17, 15) is 0 Å². The van der Waals surface area contributed by atoms with Gasteiger partial charge in [0.05, 0.1) is 5.69 Å². The second kappa shape index (κ2) is 7.21. The summed E-state index contributed by atoms with van der Waals surface area (Å²) in [5.74, 6) is 0.729. The van der Waals surface area contributed by atoms with Gasteiger partial charge >= 0.3 is 6.08 Å². The van der Waals surface area contributed by atoms with Gasteiger partial charge in [-0.15, -0.1) is 11.8 Å². The number of hydrogen-bond donors (Lipinski definition) is 1. The fourth-order valence-corrected chi connectivity index (χ4v) is 1.96. The number of hydrogen-bond acceptors (Lipinski definition) is 5. The Morgan fingerprint density at radius 1 is 1.32 bits per heavy atom. The number of aromatic nitrogens is 1. The highest BCUT2D eigenvalue weighted by Crippen LogP contribution is 2.23. The van der Waals surface area contributed by atoms with E-state index in [1.807, 2.05) is 30.5 Å². The molecule has 4 nitrogen and oxygen atoms in total. The molecule has 0 aliphatic rings. The van der Waals surface area contributed by atoms with Gasteiger partial charge in [-0.2, -0.15) is 4.98 Å². The molecule has 0 radical (unpaired) electrons. The Hall–Kier alpha value is -1.46. The minimum Gasteiger partial charge on any atom is -0.417 e. The van der Waals surface area contributed by atoms with Crippen molar-refractivity contribution in [2.75, 3.05) is 12.8 Å². The Morgan fingerprint density at radius 2 is 2.11 bits per heavy atom. The molecule has 1 aromatic heterocycles. The zero-order valence-electron chi connectivity index (χ0n) is 11.2. The molecule has 0 aliphatic carbocycles. The van der Waals surface area contributed by atoms with Crippen molar-refractivity contribution in [3.8, 4) is 11.8 Å². The van der Waals surface area contributed by atoms with E-state index in [1.165, 1.54) is 4.90 Å². The van der Waals surface area contributed by atoms with E-state index in [0.29, 0.717) is 6.54 Å². The fourth-order valence-electron chi connectivity index (χ4n) is 1.55. The quantitative estimate of drug-likeness (QED) is 0.618. The molecule has 1 aromatic carbocycles. The number of nitrogens with one attached hydrogen (secondary N) is 1. The van der Waals surface area contributed by atoms with E-state index in [4.69, 9.17) is 9.15 Å². The molecule has 5 heteroatoms. The molecule has 0 saturated heterocycles. The lowest BCUT2D eigenvalue weighted by Gasteiger charge is -2.01. The predicted octanol–water partition coefficient (Wildman–Crippen LogP) is 3.69. The zero-order valence-corrected chi connectivity index (χ0v) is 12.0. The van der Waals surface area contributed by atoms with Crippen molar-refractivity contribution in [2.24, 2.45) is 0 Å². The molecular formula is C14H18N2O2S. The monoisotopic (exact) mass is 278 g/mol. The van der Waals surface area contributed by atoms with Crippen molar-refractivity contribution >= 4 is 11.8 Å². The van der Waals surface area contributed by atoms with Crippen molar-refractivity contribution in [1.82, 2.24) is 10.3 Å². The Labute approximate surface area is 117 Å². The van der Waals surface area contributed by atoms with E-state index < -0.39 is 0 Å². The summed E-state index contributed by atoms with van der Waals surface area (Å²) in [7, 11) is 0. The van der Waals surface area contributed by atoms with Gasteiger partial charge in [0.1, 0.15) is 12.0 Å². The maximum Gasteiger partial charge on any atom is 0.399 e. The molecule has 0 amide bonds. The summed E-state index contributed by atoms with van der Waals surface area (Å²) in [6.45, 7) is 3.80. The topological polar surface area (TPSA) is 47.3 Å². The van der Waals surface area contributed by atoms with Gasteiger partial charge in [0.25, 0.3) is 0 Å². The summed E-state index contributed by atoms with van der Waals surface area (Å²) in [5.41, 5.74) is 0.851. The largest absolute Gasteiger partial charge is 0.417 e. The zero-order chi connectivity index (χ0) is 13.5. The number of thioether (sulfide) groups is 1. The first-order valence-corrected chi connectivity index (χ1v) is 7.51. The van der Waals surface area contributed by atoms with Crippen molar-refractivity contribution in [3.63, 3.8) is 0 Å². The summed E-state index contributed by atoms with van der Waals surface area (Å²) in [5, 5.41) is 3.26. The van der Waals surface area contributed by atoms with E-state index >= 15 is 0 Å². The summed E-state index contributed by atoms with van der Waals surface area (Å²) in [4.78, 5) is 5.46. The van der Waals surface area contributed by atoms with Crippen LogP contribution in [0.1, 0.15) is 19.0 Å². The van der Waals surface area contributed by atoms with E-state index in [0.717, 1.165) is 24.4 Å². The SMILES string of the molecule is CCCNCc1coc(Oc2ccc(SC)cc2)n1. The molecule has 0 unspecified atom stereocenters. The molecule has 1 heterocycles. The van der Waals surface area contributed by atoms with E-state index in [-0.39, 0.29) is 6.08 Å². The van der Waals surface area contributed by atoms with Crippen LogP contribution in [0.4, 0.5) is 0 Å². The van der Waals surface area contributed by atoms with Crippen molar-refractivity contribution in [2.45, 2.75) is 24.8 Å². The Kier molecular flexibility index (Phi) is 5.30. The highest BCUT2D eigenvalue weighted by Gasteiger charge is 2.06. The molecule has 0 saturated carbocycles. The molecule has 0 fully saturated rings. The van der Waals surface area contributed by atoms with Gasteiger partial charge in [-0.3, -0.25) is 0 Å². The Bertz CT molecular complexity index is 496. The first kappa shape index (κ1) is 14.0. The number of rotatable bonds is 7. The van der Waals surface area contributed by atoms with E-state index in [1.54, 1.807) is 18.0 Å². The molecule has 19 heavy (non-hydrogen) atoms. The third kappa shape index (κ3) is 4.29. The van der Waals surface area contributed by atoms with Gasteiger partial charge in [-0.1, -0.05) is 6.92 Å². The summed E-state index contributed by atoms with van der Waals surface area (Å²) in [6, 6.07) is 7.83.